The van der Waals surface area contributed by atoms with Gasteiger partial charge in [0.1, 0.15) is 0 Å². The Morgan fingerprint density at radius 1 is 0.340 bits per heavy atom. The van der Waals surface area contributed by atoms with Crippen molar-refractivity contribution < 1.29 is 0 Å². The highest BCUT2D eigenvalue weighted by molar-refractivity contribution is 7.26. The van der Waals surface area contributed by atoms with Crippen LogP contribution in [-0.4, -0.2) is 9.97 Å². The largest absolute Gasteiger partial charge is 0.228 e. The standard InChI is InChI=1S/C44H28N2S/c1-3-11-29(12-4-1)30-21-23-31(24-22-30)33-15-9-16-34(27-33)35-17-10-18-36(28-35)44-45-38-25-26-40-41(37-19-7-8-20-39(37)47-40)42(38)43(46-44)32-13-5-2-6-14-32/h1-28H. The molecule has 3 heteroatoms. The van der Waals surface area contributed by atoms with Gasteiger partial charge in [-0.05, 0) is 63.7 Å². The molecule has 0 aliphatic carbocycles. The number of nitrogens with zero attached hydrogens (tertiary/aromatic N) is 2. The summed E-state index contributed by atoms with van der Waals surface area (Å²) >= 11 is 1.82. The van der Waals surface area contributed by atoms with Crippen molar-refractivity contribution in [2.75, 3.05) is 0 Å². The summed E-state index contributed by atoms with van der Waals surface area (Å²) in [5, 5.41) is 3.59. The molecule has 9 rings (SSSR count). The van der Waals surface area contributed by atoms with E-state index in [0.717, 1.165) is 44.7 Å². The van der Waals surface area contributed by atoms with E-state index in [-0.39, 0.29) is 0 Å². The Balaban J connectivity index is 1.14. The van der Waals surface area contributed by atoms with Gasteiger partial charge in [-0.15, -0.1) is 11.3 Å². The van der Waals surface area contributed by atoms with Gasteiger partial charge in [-0.25, -0.2) is 9.97 Å². The van der Waals surface area contributed by atoms with Crippen molar-refractivity contribution >= 4 is 42.4 Å². The van der Waals surface area contributed by atoms with Gasteiger partial charge in [0.25, 0.3) is 0 Å². The van der Waals surface area contributed by atoms with Crippen molar-refractivity contribution in [3.63, 3.8) is 0 Å². The molecule has 2 heterocycles. The van der Waals surface area contributed by atoms with E-state index in [0.29, 0.717) is 0 Å². The van der Waals surface area contributed by atoms with E-state index in [2.05, 4.69) is 170 Å². The summed E-state index contributed by atoms with van der Waals surface area (Å²) in [5.41, 5.74) is 11.1. The van der Waals surface area contributed by atoms with Crippen molar-refractivity contribution in [1.82, 2.24) is 9.97 Å². The minimum Gasteiger partial charge on any atom is -0.228 e. The van der Waals surface area contributed by atoms with Gasteiger partial charge in [-0.1, -0.05) is 140 Å². The zero-order valence-corrected chi connectivity index (χ0v) is 26.3. The molecular weight excluding hydrogens is 589 g/mol. The van der Waals surface area contributed by atoms with Gasteiger partial charge in [-0.2, -0.15) is 0 Å². The first-order valence-electron chi connectivity index (χ1n) is 15.8. The lowest BCUT2D eigenvalue weighted by Crippen LogP contribution is -1.96. The minimum atomic E-state index is 0.727. The van der Waals surface area contributed by atoms with Crippen LogP contribution in [0.1, 0.15) is 0 Å². The average molecular weight is 617 g/mol. The van der Waals surface area contributed by atoms with Crippen molar-refractivity contribution in [2.24, 2.45) is 0 Å². The third-order valence-corrected chi connectivity index (χ3v) is 10.0. The van der Waals surface area contributed by atoms with Gasteiger partial charge in [0, 0.05) is 36.7 Å². The third kappa shape index (κ3) is 4.98. The van der Waals surface area contributed by atoms with Gasteiger partial charge in [0.15, 0.2) is 5.82 Å². The Morgan fingerprint density at radius 3 is 1.60 bits per heavy atom. The van der Waals surface area contributed by atoms with Gasteiger partial charge in [-0.3, -0.25) is 0 Å². The molecule has 9 aromatic rings. The quantitative estimate of drug-likeness (QED) is 0.192. The fourth-order valence-corrected chi connectivity index (χ4v) is 7.69. The Labute approximate surface area is 277 Å². The average Bonchev–Trinajstić information content (AvgIpc) is 3.54. The van der Waals surface area contributed by atoms with Crippen LogP contribution in [-0.2, 0) is 0 Å². The third-order valence-electron chi connectivity index (χ3n) is 8.89. The predicted molar refractivity (Wildman–Crippen MR) is 200 cm³/mol. The van der Waals surface area contributed by atoms with Crippen LogP contribution in [0.25, 0.3) is 87.1 Å². The van der Waals surface area contributed by atoms with Crippen molar-refractivity contribution in [2.45, 2.75) is 0 Å². The van der Waals surface area contributed by atoms with Crippen LogP contribution in [0.5, 0.6) is 0 Å². The number of thiophene rings is 1. The molecule has 2 nitrogen and oxygen atoms in total. The van der Waals surface area contributed by atoms with E-state index in [1.165, 1.54) is 42.4 Å². The highest BCUT2D eigenvalue weighted by Crippen LogP contribution is 2.42. The van der Waals surface area contributed by atoms with Crippen molar-refractivity contribution in [3.8, 4) is 56.0 Å². The Morgan fingerprint density at radius 2 is 0.872 bits per heavy atom. The first kappa shape index (κ1) is 27.4. The topological polar surface area (TPSA) is 25.8 Å². The molecule has 0 saturated carbocycles. The first-order valence-corrected chi connectivity index (χ1v) is 16.6. The summed E-state index contributed by atoms with van der Waals surface area (Å²) in [5.74, 6) is 0.727. The fraction of sp³-hybridized carbons (Fsp3) is 0. The van der Waals surface area contributed by atoms with Crippen LogP contribution in [0.3, 0.4) is 0 Å². The molecule has 7 aromatic carbocycles. The number of fused-ring (bicyclic) bond motifs is 5. The zero-order valence-electron chi connectivity index (χ0n) is 25.5. The van der Waals surface area contributed by atoms with E-state index in [4.69, 9.17) is 9.97 Å². The number of hydrogen-bond donors (Lipinski definition) is 0. The molecule has 0 unspecified atom stereocenters. The number of hydrogen-bond acceptors (Lipinski definition) is 3. The lowest BCUT2D eigenvalue weighted by Gasteiger charge is -2.12. The van der Waals surface area contributed by atoms with E-state index in [9.17, 15) is 0 Å². The normalized spacial score (nSPS) is 11.4. The lowest BCUT2D eigenvalue weighted by atomic mass is 9.96. The predicted octanol–water partition coefficient (Wildman–Crippen LogP) is 12.3. The van der Waals surface area contributed by atoms with Crippen molar-refractivity contribution in [1.29, 1.82) is 0 Å². The van der Waals surface area contributed by atoms with Crippen molar-refractivity contribution in [3.05, 3.63) is 170 Å². The molecule has 0 N–H and O–H groups in total. The van der Waals surface area contributed by atoms with Gasteiger partial charge in [0.05, 0.1) is 11.2 Å². The second-order valence-electron chi connectivity index (χ2n) is 11.8. The molecule has 0 atom stereocenters. The molecular formula is C44H28N2S. The molecule has 0 aliphatic heterocycles. The molecule has 0 spiro atoms. The summed E-state index contributed by atoms with van der Waals surface area (Å²) in [4.78, 5) is 10.5. The summed E-state index contributed by atoms with van der Waals surface area (Å²) in [6.45, 7) is 0. The molecule has 2 aromatic heterocycles. The molecule has 47 heavy (non-hydrogen) atoms. The van der Waals surface area contributed by atoms with E-state index in [1.807, 2.05) is 11.3 Å². The summed E-state index contributed by atoms with van der Waals surface area (Å²) < 4.78 is 2.53. The van der Waals surface area contributed by atoms with E-state index >= 15 is 0 Å². The van der Waals surface area contributed by atoms with E-state index in [1.54, 1.807) is 0 Å². The lowest BCUT2D eigenvalue weighted by molar-refractivity contribution is 1.23. The second-order valence-corrected chi connectivity index (χ2v) is 12.9. The molecule has 0 aliphatic rings. The van der Waals surface area contributed by atoms with Crippen LogP contribution in [0.2, 0.25) is 0 Å². The maximum absolute atomic E-state index is 5.30. The summed E-state index contributed by atoms with van der Waals surface area (Å²) in [6, 6.07) is 60.2. The van der Waals surface area contributed by atoms with Crippen LogP contribution in [0.15, 0.2) is 170 Å². The summed E-state index contributed by atoms with van der Waals surface area (Å²) in [6.07, 6.45) is 0. The van der Waals surface area contributed by atoms with Crippen LogP contribution >= 0.6 is 11.3 Å². The smallest absolute Gasteiger partial charge is 0.160 e. The molecule has 0 fully saturated rings. The van der Waals surface area contributed by atoms with Crippen LogP contribution in [0.4, 0.5) is 0 Å². The first-order chi connectivity index (χ1) is 23.3. The number of benzene rings is 7. The Kier molecular flexibility index (Phi) is 6.69. The number of aromatic nitrogens is 2. The van der Waals surface area contributed by atoms with Gasteiger partial charge in [0.2, 0.25) is 0 Å². The highest BCUT2D eigenvalue weighted by Gasteiger charge is 2.17. The second kappa shape index (κ2) is 11.5. The fourth-order valence-electron chi connectivity index (χ4n) is 6.58. The zero-order chi connectivity index (χ0) is 31.2. The highest BCUT2D eigenvalue weighted by atomic mass is 32.1. The molecule has 0 radical (unpaired) electrons. The maximum Gasteiger partial charge on any atom is 0.160 e. The molecule has 0 saturated heterocycles. The Bertz CT molecular complexity index is 2550. The molecule has 220 valence electrons. The SMILES string of the molecule is c1ccc(-c2ccc(-c3cccc(-c4cccc(-c5nc(-c6ccccc6)c6c(ccc7sc8ccccc8c76)n5)c4)c3)cc2)cc1. The monoisotopic (exact) mass is 616 g/mol. The van der Waals surface area contributed by atoms with Gasteiger partial charge < -0.3 is 0 Å². The van der Waals surface area contributed by atoms with E-state index < -0.39 is 0 Å². The van der Waals surface area contributed by atoms with Crippen LogP contribution < -0.4 is 0 Å². The number of rotatable bonds is 5. The molecule has 0 bridgehead atoms. The van der Waals surface area contributed by atoms with Crippen LogP contribution in [0, 0.1) is 0 Å². The minimum absolute atomic E-state index is 0.727. The Hall–Kier alpha value is -5.90. The molecule has 0 amide bonds. The summed E-state index contributed by atoms with van der Waals surface area (Å²) in [7, 11) is 0. The maximum atomic E-state index is 5.30. The van der Waals surface area contributed by atoms with Gasteiger partial charge >= 0.3 is 0 Å².